The SMILES string of the molecule is Cc1cc(NC(=O)CCNS(=O)(=O)c2cccs2)n[nH]1. The Bertz CT molecular complexity index is 676. The number of hydrogen-bond donors (Lipinski definition) is 3. The van der Waals surface area contributed by atoms with Gasteiger partial charge in [0.05, 0.1) is 0 Å². The fourth-order valence-electron chi connectivity index (χ4n) is 1.47. The number of amides is 1. The van der Waals surface area contributed by atoms with Crippen LogP contribution < -0.4 is 10.0 Å². The highest BCUT2D eigenvalue weighted by Gasteiger charge is 2.15. The summed E-state index contributed by atoms with van der Waals surface area (Å²) < 4.78 is 26.2. The molecule has 0 spiro atoms. The first kappa shape index (κ1) is 14.7. The second-order valence-corrected chi connectivity index (χ2v) is 7.01. The molecule has 9 heteroatoms. The monoisotopic (exact) mass is 314 g/mol. The van der Waals surface area contributed by atoms with Crippen LogP contribution in [0.2, 0.25) is 0 Å². The molecule has 108 valence electrons. The summed E-state index contributed by atoms with van der Waals surface area (Å²) in [7, 11) is -3.51. The molecule has 0 unspecified atom stereocenters. The zero-order valence-corrected chi connectivity index (χ0v) is 12.3. The fourth-order valence-corrected chi connectivity index (χ4v) is 3.54. The molecule has 2 aromatic rings. The van der Waals surface area contributed by atoms with Crippen molar-refractivity contribution < 1.29 is 13.2 Å². The Kier molecular flexibility index (Phi) is 4.53. The first-order valence-corrected chi connectivity index (χ1v) is 8.19. The molecule has 1 amide bonds. The maximum atomic E-state index is 11.8. The summed E-state index contributed by atoms with van der Waals surface area (Å²) in [5.74, 6) is 0.124. The zero-order chi connectivity index (χ0) is 14.6. The molecule has 0 aliphatic heterocycles. The van der Waals surface area contributed by atoms with Gasteiger partial charge in [-0.1, -0.05) is 6.07 Å². The predicted molar refractivity (Wildman–Crippen MR) is 76.1 cm³/mol. The third-order valence-corrected chi connectivity index (χ3v) is 5.24. The topological polar surface area (TPSA) is 104 Å². The van der Waals surface area contributed by atoms with Gasteiger partial charge in [-0.05, 0) is 18.4 Å². The van der Waals surface area contributed by atoms with Crippen molar-refractivity contribution >= 4 is 33.1 Å². The fraction of sp³-hybridized carbons (Fsp3) is 0.273. The summed E-state index contributed by atoms with van der Waals surface area (Å²) in [6.07, 6.45) is 0.0382. The van der Waals surface area contributed by atoms with Crippen LogP contribution in [-0.4, -0.2) is 31.1 Å². The molecule has 0 bridgehead atoms. The van der Waals surface area contributed by atoms with Gasteiger partial charge in [0, 0.05) is 24.7 Å². The molecule has 0 saturated carbocycles. The lowest BCUT2D eigenvalue weighted by molar-refractivity contribution is -0.116. The van der Waals surface area contributed by atoms with Crippen LogP contribution >= 0.6 is 11.3 Å². The van der Waals surface area contributed by atoms with Crippen molar-refractivity contribution in [2.75, 3.05) is 11.9 Å². The summed E-state index contributed by atoms with van der Waals surface area (Å²) >= 11 is 1.13. The minimum atomic E-state index is -3.51. The van der Waals surface area contributed by atoms with Crippen molar-refractivity contribution in [3.63, 3.8) is 0 Å². The maximum absolute atomic E-state index is 11.8. The van der Waals surface area contributed by atoms with Gasteiger partial charge in [-0.3, -0.25) is 9.89 Å². The molecule has 2 heterocycles. The van der Waals surface area contributed by atoms with E-state index in [0.29, 0.717) is 5.82 Å². The number of aromatic amines is 1. The van der Waals surface area contributed by atoms with Gasteiger partial charge in [-0.25, -0.2) is 13.1 Å². The summed E-state index contributed by atoms with van der Waals surface area (Å²) in [6.45, 7) is 1.85. The maximum Gasteiger partial charge on any atom is 0.250 e. The van der Waals surface area contributed by atoms with Gasteiger partial charge in [-0.2, -0.15) is 5.10 Å². The van der Waals surface area contributed by atoms with Crippen molar-refractivity contribution in [3.8, 4) is 0 Å². The van der Waals surface area contributed by atoms with E-state index in [0.717, 1.165) is 17.0 Å². The number of carbonyl (C=O) groups excluding carboxylic acids is 1. The van der Waals surface area contributed by atoms with E-state index in [2.05, 4.69) is 20.2 Å². The number of rotatable bonds is 6. The molecule has 2 rings (SSSR count). The molecule has 2 aromatic heterocycles. The average Bonchev–Trinajstić information content (AvgIpc) is 3.00. The smallest absolute Gasteiger partial charge is 0.250 e. The van der Waals surface area contributed by atoms with Crippen molar-refractivity contribution in [1.29, 1.82) is 0 Å². The average molecular weight is 314 g/mol. The Morgan fingerprint density at radius 2 is 2.30 bits per heavy atom. The Morgan fingerprint density at radius 1 is 1.50 bits per heavy atom. The number of aromatic nitrogens is 2. The van der Waals surface area contributed by atoms with Gasteiger partial charge in [-0.15, -0.1) is 11.3 Å². The van der Waals surface area contributed by atoms with Gasteiger partial charge in [0.2, 0.25) is 15.9 Å². The van der Waals surface area contributed by atoms with Crippen molar-refractivity contribution in [2.24, 2.45) is 0 Å². The minimum absolute atomic E-state index is 0.0372. The summed E-state index contributed by atoms with van der Waals surface area (Å²) in [4.78, 5) is 11.6. The van der Waals surface area contributed by atoms with E-state index in [9.17, 15) is 13.2 Å². The Labute approximate surface area is 120 Å². The first-order valence-electron chi connectivity index (χ1n) is 5.82. The standard InChI is InChI=1S/C11H14N4O3S2/c1-8-7-9(15-14-8)13-10(16)4-5-12-20(17,18)11-3-2-6-19-11/h2-3,6-7,12H,4-5H2,1H3,(H2,13,14,15,16). The van der Waals surface area contributed by atoms with E-state index in [-0.39, 0.29) is 23.1 Å². The number of aryl methyl sites for hydroxylation is 1. The Morgan fingerprint density at radius 3 is 2.90 bits per heavy atom. The Hall–Kier alpha value is -1.71. The van der Waals surface area contributed by atoms with Crippen molar-refractivity contribution in [1.82, 2.24) is 14.9 Å². The highest BCUT2D eigenvalue weighted by Crippen LogP contribution is 2.15. The predicted octanol–water partition coefficient (Wildman–Crippen LogP) is 1.09. The molecule has 0 saturated heterocycles. The van der Waals surface area contributed by atoms with Crippen LogP contribution in [0.15, 0.2) is 27.8 Å². The third kappa shape index (κ3) is 3.89. The molecular formula is C11H14N4O3S2. The van der Waals surface area contributed by atoms with Crippen LogP contribution in [0.5, 0.6) is 0 Å². The lowest BCUT2D eigenvalue weighted by Gasteiger charge is -2.04. The number of hydrogen-bond acceptors (Lipinski definition) is 5. The third-order valence-electron chi connectivity index (χ3n) is 2.38. The number of nitrogens with one attached hydrogen (secondary N) is 3. The van der Waals surface area contributed by atoms with Crippen LogP contribution in [0, 0.1) is 6.92 Å². The van der Waals surface area contributed by atoms with Crippen LogP contribution in [0.3, 0.4) is 0 Å². The Balaban J connectivity index is 1.80. The lowest BCUT2D eigenvalue weighted by atomic mass is 10.4. The molecule has 0 atom stereocenters. The second-order valence-electron chi connectivity index (χ2n) is 4.06. The molecule has 0 fully saturated rings. The van der Waals surface area contributed by atoms with Gasteiger partial charge < -0.3 is 5.32 Å². The molecule has 7 nitrogen and oxygen atoms in total. The van der Waals surface area contributed by atoms with Crippen molar-refractivity contribution in [2.45, 2.75) is 17.6 Å². The number of carbonyl (C=O) groups is 1. The van der Waals surface area contributed by atoms with Gasteiger partial charge in [0.1, 0.15) is 4.21 Å². The molecule has 20 heavy (non-hydrogen) atoms. The van der Waals surface area contributed by atoms with E-state index < -0.39 is 10.0 Å². The molecule has 0 radical (unpaired) electrons. The van der Waals surface area contributed by atoms with Gasteiger partial charge in [0.25, 0.3) is 0 Å². The van der Waals surface area contributed by atoms with Crippen LogP contribution in [0.4, 0.5) is 5.82 Å². The molecule has 0 aliphatic rings. The van der Waals surface area contributed by atoms with E-state index in [1.807, 2.05) is 6.92 Å². The number of thiophene rings is 1. The van der Waals surface area contributed by atoms with Crippen LogP contribution in [-0.2, 0) is 14.8 Å². The summed E-state index contributed by atoms with van der Waals surface area (Å²) in [5, 5.41) is 10.8. The highest BCUT2D eigenvalue weighted by atomic mass is 32.2. The van der Waals surface area contributed by atoms with E-state index in [4.69, 9.17) is 0 Å². The molecular weight excluding hydrogens is 300 g/mol. The number of sulfonamides is 1. The van der Waals surface area contributed by atoms with E-state index >= 15 is 0 Å². The lowest BCUT2D eigenvalue weighted by Crippen LogP contribution is -2.27. The highest BCUT2D eigenvalue weighted by molar-refractivity contribution is 7.91. The zero-order valence-electron chi connectivity index (χ0n) is 10.7. The summed E-state index contributed by atoms with van der Waals surface area (Å²) in [6, 6.07) is 4.86. The number of nitrogens with zero attached hydrogens (tertiary/aromatic N) is 1. The molecule has 0 aliphatic carbocycles. The largest absolute Gasteiger partial charge is 0.309 e. The molecule has 3 N–H and O–H groups in total. The second kappa shape index (κ2) is 6.16. The van der Waals surface area contributed by atoms with Crippen LogP contribution in [0.1, 0.15) is 12.1 Å². The van der Waals surface area contributed by atoms with E-state index in [1.165, 1.54) is 6.07 Å². The number of anilines is 1. The normalized spacial score (nSPS) is 11.4. The van der Waals surface area contributed by atoms with Gasteiger partial charge >= 0.3 is 0 Å². The van der Waals surface area contributed by atoms with E-state index in [1.54, 1.807) is 17.5 Å². The van der Waals surface area contributed by atoms with Crippen LogP contribution in [0.25, 0.3) is 0 Å². The molecule has 0 aromatic carbocycles. The number of H-pyrrole nitrogens is 1. The van der Waals surface area contributed by atoms with Gasteiger partial charge in [0.15, 0.2) is 5.82 Å². The first-order chi connectivity index (χ1) is 9.47. The summed E-state index contributed by atoms with van der Waals surface area (Å²) in [5.41, 5.74) is 0.832. The van der Waals surface area contributed by atoms with Crippen molar-refractivity contribution in [3.05, 3.63) is 29.3 Å². The minimum Gasteiger partial charge on any atom is -0.309 e. The quantitative estimate of drug-likeness (QED) is 0.742.